The van der Waals surface area contributed by atoms with Crippen LogP contribution in [0.3, 0.4) is 0 Å². The van der Waals surface area contributed by atoms with Crippen molar-refractivity contribution in [3.63, 3.8) is 0 Å². The van der Waals surface area contributed by atoms with Gasteiger partial charge in [0.2, 0.25) is 0 Å². The highest BCUT2D eigenvalue weighted by Crippen LogP contribution is 2.66. The molecule has 118 valence electrons. The third-order valence-electron chi connectivity index (χ3n) is 6.52. The van der Waals surface area contributed by atoms with Crippen LogP contribution >= 0.6 is 0 Å². The number of nitrogens with one attached hydrogen (secondary N) is 1. The smallest absolute Gasteiger partial charge is 0.0726 e. The first-order valence-corrected chi connectivity index (χ1v) is 8.57. The van der Waals surface area contributed by atoms with E-state index >= 15 is 0 Å². The largest absolute Gasteiger partial charge is 0.373 e. The van der Waals surface area contributed by atoms with E-state index in [0.717, 1.165) is 12.5 Å². The highest BCUT2D eigenvalue weighted by molar-refractivity contribution is 5.11. The maximum Gasteiger partial charge on any atom is 0.0726 e. The molecule has 0 aromatic rings. The summed E-state index contributed by atoms with van der Waals surface area (Å²) in [5.41, 5.74) is 0.827. The minimum atomic E-state index is 0.342. The van der Waals surface area contributed by atoms with Crippen molar-refractivity contribution in [2.75, 3.05) is 6.54 Å². The van der Waals surface area contributed by atoms with E-state index in [1.165, 1.54) is 19.3 Å². The Bertz CT molecular complexity index is 336. The van der Waals surface area contributed by atoms with Gasteiger partial charge in [-0.25, -0.2) is 0 Å². The summed E-state index contributed by atoms with van der Waals surface area (Å²) in [7, 11) is 0. The van der Waals surface area contributed by atoms with Crippen LogP contribution in [0.15, 0.2) is 0 Å². The van der Waals surface area contributed by atoms with Gasteiger partial charge in [-0.05, 0) is 41.9 Å². The van der Waals surface area contributed by atoms with Crippen LogP contribution in [0.5, 0.6) is 0 Å². The Hall–Kier alpha value is -0.0800. The maximum atomic E-state index is 6.63. The molecule has 2 nitrogen and oxygen atoms in total. The van der Waals surface area contributed by atoms with Crippen molar-refractivity contribution in [3.8, 4) is 0 Å². The first-order chi connectivity index (χ1) is 9.18. The molecular formula is C18H35NO. The van der Waals surface area contributed by atoms with Crippen molar-refractivity contribution in [2.45, 2.75) is 86.0 Å². The molecule has 0 radical (unpaired) electrons. The molecule has 2 heteroatoms. The first-order valence-electron chi connectivity index (χ1n) is 8.57. The van der Waals surface area contributed by atoms with Gasteiger partial charge in [-0.15, -0.1) is 0 Å². The summed E-state index contributed by atoms with van der Waals surface area (Å²) in [4.78, 5) is 0. The first kappa shape index (κ1) is 16.3. The quantitative estimate of drug-likeness (QED) is 0.786. The summed E-state index contributed by atoms with van der Waals surface area (Å²) in [5.74, 6) is 1.44. The minimum absolute atomic E-state index is 0.342. The summed E-state index contributed by atoms with van der Waals surface area (Å²) >= 11 is 0. The van der Waals surface area contributed by atoms with Crippen molar-refractivity contribution < 1.29 is 4.74 Å². The summed E-state index contributed by atoms with van der Waals surface area (Å²) in [6.45, 7) is 17.4. The second-order valence-electron chi connectivity index (χ2n) is 8.58. The molecule has 1 N–H and O–H groups in total. The fourth-order valence-electron chi connectivity index (χ4n) is 4.34. The fraction of sp³-hybridized carbons (Fsp3) is 1.00. The molecule has 2 rings (SSSR count). The molecule has 0 spiro atoms. The zero-order valence-corrected chi connectivity index (χ0v) is 14.6. The normalized spacial score (nSPS) is 37.0. The van der Waals surface area contributed by atoms with Crippen LogP contribution in [-0.2, 0) is 4.74 Å². The van der Waals surface area contributed by atoms with Gasteiger partial charge >= 0.3 is 0 Å². The second kappa shape index (κ2) is 5.61. The average Bonchev–Trinajstić information content (AvgIpc) is 2.66. The molecule has 20 heavy (non-hydrogen) atoms. The minimum Gasteiger partial charge on any atom is -0.373 e. The molecule has 4 unspecified atom stereocenters. The van der Waals surface area contributed by atoms with Crippen LogP contribution < -0.4 is 5.32 Å². The predicted octanol–water partition coefficient (Wildman–Crippen LogP) is 4.24. The zero-order valence-electron chi connectivity index (χ0n) is 14.6. The van der Waals surface area contributed by atoms with E-state index < -0.39 is 0 Å². The van der Waals surface area contributed by atoms with E-state index in [4.69, 9.17) is 4.74 Å². The van der Waals surface area contributed by atoms with Crippen molar-refractivity contribution in [1.82, 2.24) is 5.32 Å². The lowest BCUT2D eigenvalue weighted by Gasteiger charge is -2.41. The second-order valence-corrected chi connectivity index (χ2v) is 8.58. The fourth-order valence-corrected chi connectivity index (χ4v) is 4.34. The predicted molar refractivity (Wildman–Crippen MR) is 85.9 cm³/mol. The van der Waals surface area contributed by atoms with Crippen LogP contribution in [0.4, 0.5) is 0 Å². The zero-order chi connectivity index (χ0) is 15.1. The Kier molecular flexibility index (Phi) is 4.57. The maximum absolute atomic E-state index is 6.63. The highest BCUT2D eigenvalue weighted by atomic mass is 16.5. The van der Waals surface area contributed by atoms with Crippen LogP contribution in [0, 0.1) is 22.7 Å². The Balaban J connectivity index is 2.02. The van der Waals surface area contributed by atoms with E-state index in [0.29, 0.717) is 35.0 Å². The molecule has 0 aliphatic heterocycles. The molecule has 4 atom stereocenters. The number of ether oxygens (including phenoxy) is 1. The van der Waals surface area contributed by atoms with Gasteiger partial charge in [-0.2, -0.15) is 0 Å². The van der Waals surface area contributed by atoms with Gasteiger partial charge in [-0.3, -0.25) is 0 Å². The molecule has 0 heterocycles. The third kappa shape index (κ3) is 2.66. The van der Waals surface area contributed by atoms with Gasteiger partial charge in [0.25, 0.3) is 0 Å². The van der Waals surface area contributed by atoms with Crippen molar-refractivity contribution >= 4 is 0 Å². The number of hydrogen-bond donors (Lipinski definition) is 1. The molecule has 0 amide bonds. The van der Waals surface area contributed by atoms with Crippen LogP contribution in [0.2, 0.25) is 0 Å². The van der Waals surface area contributed by atoms with Gasteiger partial charge in [0, 0.05) is 12.6 Å². The van der Waals surface area contributed by atoms with Crippen molar-refractivity contribution in [3.05, 3.63) is 0 Å². The molecule has 2 fully saturated rings. The number of rotatable bonds is 6. The number of hydrogen-bond acceptors (Lipinski definition) is 2. The highest BCUT2D eigenvalue weighted by Gasteiger charge is 2.62. The van der Waals surface area contributed by atoms with E-state index in [9.17, 15) is 0 Å². The Morgan fingerprint density at radius 1 is 1.15 bits per heavy atom. The van der Waals surface area contributed by atoms with E-state index in [1.807, 2.05) is 0 Å². The Morgan fingerprint density at radius 3 is 2.20 bits per heavy atom. The summed E-state index contributed by atoms with van der Waals surface area (Å²) < 4.78 is 6.63. The van der Waals surface area contributed by atoms with Crippen LogP contribution in [0.1, 0.15) is 67.7 Å². The molecular weight excluding hydrogens is 246 g/mol. The van der Waals surface area contributed by atoms with Gasteiger partial charge in [-0.1, -0.05) is 48.5 Å². The molecule has 0 aromatic heterocycles. The molecule has 2 aliphatic carbocycles. The van der Waals surface area contributed by atoms with Crippen LogP contribution in [-0.4, -0.2) is 24.8 Å². The van der Waals surface area contributed by atoms with Crippen molar-refractivity contribution in [2.24, 2.45) is 22.7 Å². The average molecular weight is 281 g/mol. The lowest BCUT2D eigenvalue weighted by molar-refractivity contribution is -0.0998. The SMILES string of the molecule is CC(C)NCC(OC1CC2CCC1(C)C2(C)C)C(C)C. The third-order valence-corrected chi connectivity index (χ3v) is 6.52. The van der Waals surface area contributed by atoms with E-state index in [1.54, 1.807) is 0 Å². The summed E-state index contributed by atoms with van der Waals surface area (Å²) in [6.07, 6.45) is 4.82. The lowest BCUT2D eigenvalue weighted by atomic mass is 9.70. The number of fused-ring (bicyclic) bond motifs is 2. The molecule has 2 aliphatic rings. The van der Waals surface area contributed by atoms with E-state index in [-0.39, 0.29) is 0 Å². The van der Waals surface area contributed by atoms with Gasteiger partial charge in [0.1, 0.15) is 0 Å². The summed E-state index contributed by atoms with van der Waals surface area (Å²) in [5, 5.41) is 3.55. The van der Waals surface area contributed by atoms with Crippen molar-refractivity contribution in [1.29, 1.82) is 0 Å². The van der Waals surface area contributed by atoms with E-state index in [2.05, 4.69) is 53.8 Å². The summed E-state index contributed by atoms with van der Waals surface area (Å²) in [6, 6.07) is 0.534. The molecule has 2 saturated carbocycles. The topological polar surface area (TPSA) is 21.3 Å². The monoisotopic (exact) mass is 281 g/mol. The van der Waals surface area contributed by atoms with Gasteiger partial charge in [0.15, 0.2) is 0 Å². The Labute approximate surface area is 126 Å². The molecule has 0 saturated heterocycles. The standard InChI is InChI=1S/C18H35NO/c1-12(2)15(11-19-13(3)4)20-16-10-14-8-9-18(16,7)17(14,5)6/h12-16,19H,8-11H2,1-7H3. The van der Waals surface area contributed by atoms with Gasteiger partial charge in [0.05, 0.1) is 12.2 Å². The van der Waals surface area contributed by atoms with Gasteiger partial charge < -0.3 is 10.1 Å². The molecule has 2 bridgehead atoms. The van der Waals surface area contributed by atoms with Crippen LogP contribution in [0.25, 0.3) is 0 Å². The lowest BCUT2D eigenvalue weighted by Crippen LogP contribution is -2.44. The Morgan fingerprint density at radius 2 is 1.80 bits per heavy atom. The molecule has 0 aromatic carbocycles.